The summed E-state index contributed by atoms with van der Waals surface area (Å²) in [5.74, 6) is 0.863. The molecule has 0 atom stereocenters. The number of carbonyl (C=O) groups excluding carboxylic acids is 1. The fraction of sp³-hybridized carbons (Fsp3) is 0.263. The fourth-order valence-corrected chi connectivity index (χ4v) is 3.69. The summed E-state index contributed by atoms with van der Waals surface area (Å²) < 4.78 is 16.0. The van der Waals surface area contributed by atoms with Crippen LogP contribution < -0.4 is 15.0 Å². The van der Waals surface area contributed by atoms with Crippen molar-refractivity contribution in [2.45, 2.75) is 20.4 Å². The van der Waals surface area contributed by atoms with E-state index in [1.807, 2.05) is 6.92 Å². The minimum Gasteiger partial charge on any atom is -0.454 e. The molecule has 0 radical (unpaired) electrons. The Morgan fingerprint density at radius 2 is 2.04 bits per heavy atom. The summed E-state index contributed by atoms with van der Waals surface area (Å²) in [4.78, 5) is 28.6. The van der Waals surface area contributed by atoms with Crippen molar-refractivity contribution in [2.75, 3.05) is 13.8 Å². The summed E-state index contributed by atoms with van der Waals surface area (Å²) in [6, 6.07) is 6.99. The van der Waals surface area contributed by atoms with Gasteiger partial charge in [-0.05, 0) is 49.1 Å². The van der Waals surface area contributed by atoms with E-state index in [4.69, 9.17) is 9.47 Å². The first-order valence-electron chi connectivity index (χ1n) is 8.61. The highest BCUT2D eigenvalue weighted by atomic mass is 32.1. The van der Waals surface area contributed by atoms with Crippen molar-refractivity contribution in [1.82, 2.24) is 19.1 Å². The van der Waals surface area contributed by atoms with Crippen LogP contribution in [0.2, 0.25) is 0 Å². The highest BCUT2D eigenvalue weighted by Crippen LogP contribution is 2.33. The maximum atomic E-state index is 13.1. The molecule has 0 unspecified atom stereocenters. The zero-order valence-electron chi connectivity index (χ0n) is 15.6. The summed E-state index contributed by atoms with van der Waals surface area (Å²) in [7, 11) is 1.66. The first-order valence-corrected chi connectivity index (χ1v) is 9.38. The van der Waals surface area contributed by atoms with Crippen LogP contribution in [0, 0.1) is 13.8 Å². The van der Waals surface area contributed by atoms with Gasteiger partial charge in [0, 0.05) is 19.3 Å². The Hall–Kier alpha value is -3.20. The van der Waals surface area contributed by atoms with Gasteiger partial charge in [0.25, 0.3) is 11.5 Å². The number of aryl methyl sites for hydroxylation is 2. The summed E-state index contributed by atoms with van der Waals surface area (Å²) in [6.45, 7) is 4.10. The number of fused-ring (bicyclic) bond motifs is 1. The predicted molar refractivity (Wildman–Crippen MR) is 103 cm³/mol. The number of amides is 1. The minimum absolute atomic E-state index is 0.137. The SMILES string of the molecule is Cc1ccn(-c2ccc3c(c2)OCO3)c(=O)c1C(=O)N(C)Cc1snnc1C. The van der Waals surface area contributed by atoms with Crippen LogP contribution >= 0.6 is 11.5 Å². The third kappa shape index (κ3) is 3.13. The van der Waals surface area contributed by atoms with Crippen LogP contribution in [0.4, 0.5) is 0 Å². The molecule has 0 spiro atoms. The van der Waals surface area contributed by atoms with Crippen LogP contribution in [-0.2, 0) is 6.54 Å². The molecule has 8 nitrogen and oxygen atoms in total. The number of aromatic nitrogens is 3. The monoisotopic (exact) mass is 398 g/mol. The largest absolute Gasteiger partial charge is 0.454 e. The van der Waals surface area contributed by atoms with Crippen LogP contribution in [0.25, 0.3) is 5.69 Å². The van der Waals surface area contributed by atoms with E-state index in [1.165, 1.54) is 21.0 Å². The molecule has 3 aromatic rings. The van der Waals surface area contributed by atoms with Gasteiger partial charge in [-0.2, -0.15) is 0 Å². The Morgan fingerprint density at radius 1 is 1.25 bits per heavy atom. The Kier molecular flexibility index (Phi) is 4.60. The smallest absolute Gasteiger partial charge is 0.268 e. The summed E-state index contributed by atoms with van der Waals surface area (Å²) in [5.41, 5.74) is 1.77. The third-order valence-corrected chi connectivity index (χ3v) is 5.43. The van der Waals surface area contributed by atoms with E-state index < -0.39 is 0 Å². The highest BCUT2D eigenvalue weighted by Gasteiger charge is 2.22. The van der Waals surface area contributed by atoms with Gasteiger partial charge in [-0.15, -0.1) is 5.10 Å². The van der Waals surface area contributed by atoms with E-state index in [-0.39, 0.29) is 23.8 Å². The van der Waals surface area contributed by atoms with Crippen LogP contribution in [0.1, 0.15) is 26.5 Å². The van der Waals surface area contributed by atoms with Gasteiger partial charge < -0.3 is 14.4 Å². The Balaban J connectivity index is 1.70. The molecule has 1 amide bonds. The lowest BCUT2D eigenvalue weighted by Crippen LogP contribution is -2.34. The number of benzene rings is 1. The molecule has 0 N–H and O–H groups in total. The molecular weight excluding hydrogens is 380 g/mol. The van der Waals surface area contributed by atoms with Crippen LogP contribution in [-0.4, -0.2) is 38.8 Å². The Labute approximate surface area is 165 Å². The maximum absolute atomic E-state index is 13.1. The molecule has 1 aliphatic rings. The first kappa shape index (κ1) is 18.2. The van der Waals surface area contributed by atoms with Crippen molar-refractivity contribution in [2.24, 2.45) is 0 Å². The van der Waals surface area contributed by atoms with E-state index >= 15 is 0 Å². The van der Waals surface area contributed by atoms with Gasteiger partial charge in [0.2, 0.25) is 6.79 Å². The second-order valence-electron chi connectivity index (χ2n) is 6.53. The van der Waals surface area contributed by atoms with Gasteiger partial charge in [-0.1, -0.05) is 4.49 Å². The summed E-state index contributed by atoms with van der Waals surface area (Å²) in [5, 5.41) is 3.96. The van der Waals surface area contributed by atoms with Crippen molar-refractivity contribution < 1.29 is 14.3 Å². The number of ether oxygens (including phenoxy) is 2. The standard InChI is InChI=1S/C19H18N4O4S/c1-11-6-7-23(13-4-5-14-15(8-13)27-10-26-14)19(25)17(11)18(24)22(3)9-16-12(2)20-21-28-16/h4-8H,9-10H2,1-3H3. The normalized spacial score (nSPS) is 12.2. The Bertz CT molecular complexity index is 1120. The lowest BCUT2D eigenvalue weighted by atomic mass is 10.1. The van der Waals surface area contributed by atoms with Crippen LogP contribution in [0.5, 0.6) is 11.5 Å². The van der Waals surface area contributed by atoms with Gasteiger partial charge in [-0.3, -0.25) is 14.2 Å². The van der Waals surface area contributed by atoms with Crippen molar-refractivity contribution in [3.8, 4) is 17.2 Å². The molecule has 0 aliphatic carbocycles. The molecule has 0 bridgehead atoms. The lowest BCUT2D eigenvalue weighted by molar-refractivity contribution is 0.0783. The van der Waals surface area contributed by atoms with E-state index in [9.17, 15) is 9.59 Å². The summed E-state index contributed by atoms with van der Waals surface area (Å²) >= 11 is 1.25. The molecule has 0 fully saturated rings. The van der Waals surface area contributed by atoms with Crippen molar-refractivity contribution in [3.63, 3.8) is 0 Å². The molecular formula is C19H18N4O4S. The molecule has 9 heteroatoms. The van der Waals surface area contributed by atoms with E-state index in [2.05, 4.69) is 9.59 Å². The number of pyridine rings is 1. The van der Waals surface area contributed by atoms with Gasteiger partial charge >= 0.3 is 0 Å². The quantitative estimate of drug-likeness (QED) is 0.670. The van der Waals surface area contributed by atoms with E-state index in [0.29, 0.717) is 29.3 Å². The van der Waals surface area contributed by atoms with Gasteiger partial charge in [0.15, 0.2) is 11.5 Å². The zero-order chi connectivity index (χ0) is 19.8. The zero-order valence-corrected chi connectivity index (χ0v) is 16.4. The molecule has 144 valence electrons. The van der Waals surface area contributed by atoms with Crippen molar-refractivity contribution in [1.29, 1.82) is 0 Å². The van der Waals surface area contributed by atoms with Gasteiger partial charge in [-0.25, -0.2) is 0 Å². The number of hydrogen-bond acceptors (Lipinski definition) is 7. The number of nitrogens with zero attached hydrogens (tertiary/aromatic N) is 4. The average Bonchev–Trinajstić information content (AvgIpc) is 3.30. The first-order chi connectivity index (χ1) is 13.5. The molecule has 1 aromatic carbocycles. The second-order valence-corrected chi connectivity index (χ2v) is 7.37. The fourth-order valence-electron chi connectivity index (χ4n) is 3.00. The number of rotatable bonds is 4. The molecule has 2 aromatic heterocycles. The van der Waals surface area contributed by atoms with E-state index in [1.54, 1.807) is 44.4 Å². The molecule has 1 aliphatic heterocycles. The second kappa shape index (κ2) is 7.08. The summed E-state index contributed by atoms with van der Waals surface area (Å²) in [6.07, 6.45) is 1.66. The maximum Gasteiger partial charge on any atom is 0.268 e. The van der Waals surface area contributed by atoms with Crippen LogP contribution in [0.3, 0.4) is 0 Å². The van der Waals surface area contributed by atoms with Gasteiger partial charge in [0.05, 0.1) is 22.8 Å². The average molecular weight is 398 g/mol. The van der Waals surface area contributed by atoms with Crippen LogP contribution in [0.15, 0.2) is 35.3 Å². The topological polar surface area (TPSA) is 86.5 Å². The highest BCUT2D eigenvalue weighted by molar-refractivity contribution is 7.05. The Morgan fingerprint density at radius 3 is 2.79 bits per heavy atom. The predicted octanol–water partition coefficient (Wildman–Crippen LogP) is 2.31. The molecule has 4 rings (SSSR count). The molecule has 0 saturated heterocycles. The molecule has 28 heavy (non-hydrogen) atoms. The number of hydrogen-bond donors (Lipinski definition) is 0. The minimum atomic E-state index is -0.380. The third-order valence-electron chi connectivity index (χ3n) is 4.62. The lowest BCUT2D eigenvalue weighted by Gasteiger charge is -2.18. The van der Waals surface area contributed by atoms with Gasteiger partial charge in [0.1, 0.15) is 5.56 Å². The van der Waals surface area contributed by atoms with Crippen molar-refractivity contribution in [3.05, 3.63) is 62.5 Å². The molecule has 3 heterocycles. The molecule has 0 saturated carbocycles. The van der Waals surface area contributed by atoms with E-state index in [0.717, 1.165) is 10.6 Å². The van der Waals surface area contributed by atoms with Crippen molar-refractivity contribution >= 4 is 17.4 Å². The number of carbonyl (C=O) groups is 1.